The molecule has 0 saturated carbocycles. The van der Waals surface area contributed by atoms with Crippen molar-refractivity contribution in [2.75, 3.05) is 0 Å². The Bertz CT molecular complexity index is 574. The first kappa shape index (κ1) is 11.4. The molecule has 0 saturated heterocycles. The van der Waals surface area contributed by atoms with Gasteiger partial charge in [-0.1, -0.05) is 0 Å². The summed E-state index contributed by atoms with van der Waals surface area (Å²) in [6.07, 6.45) is -2.97. The van der Waals surface area contributed by atoms with E-state index in [-0.39, 0.29) is 22.2 Å². The number of rotatable bonds is 2. The highest BCUT2D eigenvalue weighted by Gasteiger charge is 2.30. The van der Waals surface area contributed by atoms with Crippen LogP contribution in [0.3, 0.4) is 0 Å². The van der Waals surface area contributed by atoms with Gasteiger partial charge in [-0.25, -0.2) is 4.98 Å². The predicted octanol–water partition coefficient (Wildman–Crippen LogP) is 1.77. The number of carbonyl (C=O) groups excluding carboxylic acids is 1. The van der Waals surface area contributed by atoms with E-state index in [2.05, 4.69) is 9.97 Å². The maximum Gasteiger partial charge on any atom is 0.393 e. The van der Waals surface area contributed by atoms with Gasteiger partial charge in [0.15, 0.2) is 0 Å². The quantitative estimate of drug-likeness (QED) is 0.843. The van der Waals surface area contributed by atoms with Crippen molar-refractivity contribution in [1.29, 1.82) is 0 Å². The van der Waals surface area contributed by atoms with Crippen LogP contribution < -0.4 is 5.73 Å². The molecule has 0 fully saturated rings. The minimum atomic E-state index is -4.35. The van der Waals surface area contributed by atoms with E-state index in [0.717, 1.165) is 0 Å². The van der Waals surface area contributed by atoms with Crippen molar-refractivity contribution in [1.82, 2.24) is 9.97 Å². The van der Waals surface area contributed by atoms with Gasteiger partial charge in [-0.3, -0.25) is 4.79 Å². The topological polar surface area (TPSA) is 71.8 Å². The number of hydrogen-bond donors (Lipinski definition) is 2. The van der Waals surface area contributed by atoms with Gasteiger partial charge in [-0.15, -0.1) is 0 Å². The minimum absolute atomic E-state index is 0.0330. The summed E-state index contributed by atoms with van der Waals surface area (Å²) in [6, 6.07) is 1.30. The molecule has 0 aliphatic rings. The molecule has 1 amide bonds. The highest BCUT2D eigenvalue weighted by Crippen LogP contribution is 2.27. The number of primary amides is 1. The number of hydrogen-bond acceptors (Lipinski definition) is 2. The van der Waals surface area contributed by atoms with Gasteiger partial charge in [0.2, 0.25) is 5.91 Å². The van der Waals surface area contributed by atoms with Crippen molar-refractivity contribution in [3.05, 3.63) is 29.6 Å². The Balaban J connectivity index is 2.61. The number of H-pyrrole nitrogens is 1. The number of alkyl halides is 3. The highest BCUT2D eigenvalue weighted by atomic mass is 19.4. The van der Waals surface area contributed by atoms with Crippen molar-refractivity contribution in [3.63, 3.8) is 0 Å². The van der Waals surface area contributed by atoms with Crippen LogP contribution in [0.25, 0.3) is 11.0 Å². The SMILES string of the molecule is NC(=O)c1ccnc2[nH]cc(CC(F)(F)F)c12. The first-order chi connectivity index (χ1) is 7.88. The second kappa shape index (κ2) is 3.76. The van der Waals surface area contributed by atoms with Gasteiger partial charge in [0.05, 0.1) is 12.0 Å². The zero-order valence-electron chi connectivity index (χ0n) is 8.51. The second-order valence-electron chi connectivity index (χ2n) is 3.55. The van der Waals surface area contributed by atoms with Crippen LogP contribution in [0.15, 0.2) is 18.5 Å². The summed E-state index contributed by atoms with van der Waals surface area (Å²) in [5, 5.41) is 0.136. The number of halogens is 3. The second-order valence-corrected chi connectivity index (χ2v) is 3.55. The molecule has 0 unspecified atom stereocenters. The number of nitrogens with one attached hydrogen (secondary N) is 1. The van der Waals surface area contributed by atoms with Crippen molar-refractivity contribution in [2.24, 2.45) is 5.73 Å². The molecule has 3 N–H and O–H groups in total. The average molecular weight is 243 g/mol. The smallest absolute Gasteiger partial charge is 0.366 e. The van der Waals surface area contributed by atoms with Gasteiger partial charge in [0.1, 0.15) is 5.65 Å². The number of nitrogens with zero attached hydrogens (tertiary/aromatic N) is 1. The molecule has 0 radical (unpaired) electrons. The summed E-state index contributed by atoms with van der Waals surface area (Å²) in [7, 11) is 0. The first-order valence-corrected chi connectivity index (χ1v) is 4.70. The van der Waals surface area contributed by atoms with Gasteiger partial charge in [0.25, 0.3) is 0 Å². The summed E-state index contributed by atoms with van der Waals surface area (Å²) in [4.78, 5) is 17.6. The molecule has 0 aromatic carbocycles. The Kier molecular flexibility index (Phi) is 2.53. The fourth-order valence-corrected chi connectivity index (χ4v) is 1.68. The van der Waals surface area contributed by atoms with Crippen LogP contribution in [0.1, 0.15) is 15.9 Å². The fourth-order valence-electron chi connectivity index (χ4n) is 1.68. The van der Waals surface area contributed by atoms with Gasteiger partial charge < -0.3 is 10.7 Å². The monoisotopic (exact) mass is 243 g/mol. The third kappa shape index (κ3) is 2.22. The molecule has 0 aliphatic carbocycles. The van der Waals surface area contributed by atoms with E-state index < -0.39 is 18.5 Å². The van der Waals surface area contributed by atoms with Crippen molar-refractivity contribution in [2.45, 2.75) is 12.6 Å². The summed E-state index contributed by atoms with van der Waals surface area (Å²) in [5.41, 5.74) is 5.34. The van der Waals surface area contributed by atoms with Crippen LogP contribution >= 0.6 is 0 Å². The first-order valence-electron chi connectivity index (χ1n) is 4.70. The van der Waals surface area contributed by atoms with Gasteiger partial charge in [0, 0.05) is 17.8 Å². The van der Waals surface area contributed by atoms with Crippen LogP contribution in [0.4, 0.5) is 13.2 Å². The number of pyridine rings is 1. The number of amides is 1. The van der Waals surface area contributed by atoms with E-state index in [4.69, 9.17) is 5.73 Å². The Morgan fingerprint density at radius 3 is 2.76 bits per heavy atom. The van der Waals surface area contributed by atoms with E-state index >= 15 is 0 Å². The van der Waals surface area contributed by atoms with Crippen molar-refractivity contribution < 1.29 is 18.0 Å². The van der Waals surface area contributed by atoms with E-state index in [9.17, 15) is 18.0 Å². The van der Waals surface area contributed by atoms with Crippen molar-refractivity contribution >= 4 is 16.9 Å². The standard InChI is InChI=1S/C10H8F3N3O/c11-10(12,13)3-5-4-16-9-7(5)6(8(14)17)1-2-15-9/h1-2,4H,3H2,(H2,14,17)(H,15,16). The molecular formula is C10H8F3N3O. The van der Waals surface area contributed by atoms with Gasteiger partial charge >= 0.3 is 6.18 Å². The van der Waals surface area contributed by atoms with E-state index in [1.807, 2.05) is 0 Å². The molecule has 2 heterocycles. The number of fused-ring (bicyclic) bond motifs is 1. The minimum Gasteiger partial charge on any atom is -0.366 e. The molecule has 4 nitrogen and oxygen atoms in total. The maximum absolute atomic E-state index is 12.3. The average Bonchev–Trinajstić information content (AvgIpc) is 2.59. The van der Waals surface area contributed by atoms with Crippen molar-refractivity contribution in [3.8, 4) is 0 Å². The number of aromatic nitrogens is 2. The van der Waals surface area contributed by atoms with E-state index in [0.29, 0.717) is 0 Å². The van der Waals surface area contributed by atoms with Gasteiger partial charge in [-0.05, 0) is 11.6 Å². The summed E-state index contributed by atoms with van der Waals surface area (Å²) in [6.45, 7) is 0. The molecule has 90 valence electrons. The zero-order valence-corrected chi connectivity index (χ0v) is 8.51. The highest BCUT2D eigenvalue weighted by molar-refractivity contribution is 6.05. The molecule has 0 atom stereocenters. The molecule has 2 rings (SSSR count). The number of nitrogens with two attached hydrogens (primary N) is 1. The molecule has 17 heavy (non-hydrogen) atoms. The third-order valence-corrected chi connectivity index (χ3v) is 2.31. The van der Waals surface area contributed by atoms with Crippen LogP contribution in [0.2, 0.25) is 0 Å². The van der Waals surface area contributed by atoms with Crippen LogP contribution in [-0.4, -0.2) is 22.1 Å². The Morgan fingerprint density at radius 2 is 2.18 bits per heavy atom. The lowest BCUT2D eigenvalue weighted by Crippen LogP contribution is -2.14. The largest absolute Gasteiger partial charge is 0.393 e. The van der Waals surface area contributed by atoms with Crippen LogP contribution in [0, 0.1) is 0 Å². The molecular weight excluding hydrogens is 235 g/mol. The third-order valence-electron chi connectivity index (χ3n) is 2.31. The van der Waals surface area contributed by atoms with Crippen LogP contribution in [0.5, 0.6) is 0 Å². The molecule has 0 aliphatic heterocycles. The fraction of sp³-hybridized carbons (Fsp3) is 0.200. The lowest BCUT2D eigenvalue weighted by atomic mass is 10.1. The summed E-state index contributed by atoms with van der Waals surface area (Å²) < 4.78 is 37.0. The summed E-state index contributed by atoms with van der Waals surface area (Å²) in [5.74, 6) is -0.777. The van der Waals surface area contributed by atoms with E-state index in [1.165, 1.54) is 18.5 Å². The number of carbonyl (C=O) groups is 1. The van der Waals surface area contributed by atoms with Gasteiger partial charge in [-0.2, -0.15) is 13.2 Å². The van der Waals surface area contributed by atoms with E-state index in [1.54, 1.807) is 0 Å². The Labute approximate surface area is 93.6 Å². The Morgan fingerprint density at radius 1 is 1.47 bits per heavy atom. The molecule has 7 heteroatoms. The molecule has 0 spiro atoms. The lowest BCUT2D eigenvalue weighted by Gasteiger charge is -2.06. The maximum atomic E-state index is 12.3. The molecule has 2 aromatic heterocycles. The number of aromatic amines is 1. The molecule has 0 bridgehead atoms. The predicted molar refractivity (Wildman–Crippen MR) is 54.4 cm³/mol. The van der Waals surface area contributed by atoms with Crippen LogP contribution in [-0.2, 0) is 6.42 Å². The lowest BCUT2D eigenvalue weighted by molar-refractivity contribution is -0.127. The normalized spacial score (nSPS) is 11.9. The summed E-state index contributed by atoms with van der Waals surface area (Å²) >= 11 is 0. The molecule has 2 aromatic rings. The Hall–Kier alpha value is -2.05. The zero-order chi connectivity index (χ0) is 12.6.